The summed E-state index contributed by atoms with van der Waals surface area (Å²) >= 11 is 1.96. The fourth-order valence-electron chi connectivity index (χ4n) is 2.55. The van der Waals surface area contributed by atoms with Crippen molar-refractivity contribution in [2.24, 2.45) is 11.3 Å². The van der Waals surface area contributed by atoms with E-state index in [-0.39, 0.29) is 23.9 Å². The van der Waals surface area contributed by atoms with Crippen molar-refractivity contribution in [3.8, 4) is 0 Å². The van der Waals surface area contributed by atoms with Crippen molar-refractivity contribution >= 4 is 23.8 Å². The van der Waals surface area contributed by atoms with Gasteiger partial charge in [-0.3, -0.25) is 4.79 Å². The van der Waals surface area contributed by atoms with Crippen molar-refractivity contribution in [2.45, 2.75) is 52.5 Å². The summed E-state index contributed by atoms with van der Waals surface area (Å²) in [6, 6.07) is -0.576. The topological polar surface area (TPSA) is 78.4 Å². The molecule has 0 aromatic heterocycles. The number of carboxylic acids is 1. The Balaban J connectivity index is 2.37. The minimum absolute atomic E-state index is 0.0199. The Kier molecular flexibility index (Phi) is 7.35. The van der Waals surface area contributed by atoms with E-state index in [1.54, 1.807) is 0 Å². The lowest BCUT2D eigenvalue weighted by atomic mass is 9.87. The number of thioether (sulfide) groups is 1. The van der Waals surface area contributed by atoms with Crippen molar-refractivity contribution in [2.75, 3.05) is 18.1 Å². The Hall–Kier alpha value is -0.910. The van der Waals surface area contributed by atoms with Crippen LogP contribution in [0.4, 0.5) is 4.79 Å². The predicted molar refractivity (Wildman–Crippen MR) is 86.7 cm³/mol. The fraction of sp³-hybridized carbons (Fsp3) is 0.867. The van der Waals surface area contributed by atoms with Gasteiger partial charge in [0, 0.05) is 12.6 Å². The Morgan fingerprint density at radius 2 is 1.90 bits per heavy atom. The molecule has 122 valence electrons. The van der Waals surface area contributed by atoms with Gasteiger partial charge in [-0.05, 0) is 42.1 Å². The summed E-state index contributed by atoms with van der Waals surface area (Å²) in [5.41, 5.74) is -0.0199. The molecule has 5 nitrogen and oxygen atoms in total. The van der Waals surface area contributed by atoms with Gasteiger partial charge in [-0.1, -0.05) is 20.8 Å². The maximum absolute atomic E-state index is 11.9. The van der Waals surface area contributed by atoms with E-state index in [9.17, 15) is 9.59 Å². The molecule has 2 amide bonds. The number of carbonyl (C=O) groups is 2. The largest absolute Gasteiger partial charge is 0.481 e. The third kappa shape index (κ3) is 8.86. The SMILES string of the molecule is CC(C)(C)CC(CC(=O)O)NC(=O)NCC1CCSCC1. The first-order valence-corrected chi connectivity index (χ1v) is 8.75. The molecule has 0 aromatic rings. The lowest BCUT2D eigenvalue weighted by Crippen LogP contribution is -2.46. The van der Waals surface area contributed by atoms with E-state index in [4.69, 9.17) is 5.11 Å². The van der Waals surface area contributed by atoms with Crippen molar-refractivity contribution in [3.05, 3.63) is 0 Å². The van der Waals surface area contributed by atoms with Gasteiger partial charge < -0.3 is 15.7 Å². The molecule has 1 unspecified atom stereocenters. The number of amides is 2. The summed E-state index contributed by atoms with van der Waals surface area (Å²) in [7, 11) is 0. The molecule has 1 rings (SSSR count). The van der Waals surface area contributed by atoms with Crippen molar-refractivity contribution in [1.29, 1.82) is 0 Å². The van der Waals surface area contributed by atoms with Gasteiger partial charge in [0.2, 0.25) is 0 Å². The van der Waals surface area contributed by atoms with Gasteiger partial charge in [0.25, 0.3) is 0 Å². The number of nitrogens with one attached hydrogen (secondary N) is 2. The molecular weight excluding hydrogens is 288 g/mol. The molecule has 1 aliphatic heterocycles. The number of aliphatic carboxylic acids is 1. The van der Waals surface area contributed by atoms with Crippen LogP contribution in [0.1, 0.15) is 46.5 Å². The normalized spacial score (nSPS) is 18.0. The quantitative estimate of drug-likeness (QED) is 0.704. The second kappa shape index (κ2) is 8.51. The minimum atomic E-state index is -0.881. The molecule has 1 atom stereocenters. The fourth-order valence-corrected chi connectivity index (χ4v) is 3.75. The summed E-state index contributed by atoms with van der Waals surface area (Å²) in [5, 5.41) is 14.7. The van der Waals surface area contributed by atoms with E-state index >= 15 is 0 Å². The van der Waals surface area contributed by atoms with Crippen LogP contribution >= 0.6 is 11.8 Å². The van der Waals surface area contributed by atoms with E-state index in [1.807, 2.05) is 32.5 Å². The van der Waals surface area contributed by atoms with Crippen molar-refractivity contribution < 1.29 is 14.7 Å². The van der Waals surface area contributed by atoms with Gasteiger partial charge >= 0.3 is 12.0 Å². The predicted octanol–water partition coefficient (Wildman–Crippen LogP) is 2.71. The molecule has 0 spiro atoms. The molecule has 0 aromatic carbocycles. The third-order valence-corrected chi connectivity index (χ3v) is 4.56. The van der Waals surface area contributed by atoms with Crippen LogP contribution in [0.15, 0.2) is 0 Å². The van der Waals surface area contributed by atoms with E-state index < -0.39 is 5.97 Å². The lowest BCUT2D eigenvalue weighted by Gasteiger charge is -2.27. The Morgan fingerprint density at radius 1 is 1.29 bits per heavy atom. The lowest BCUT2D eigenvalue weighted by molar-refractivity contribution is -0.137. The molecule has 3 N–H and O–H groups in total. The highest BCUT2D eigenvalue weighted by atomic mass is 32.2. The molecule has 6 heteroatoms. The van der Waals surface area contributed by atoms with Gasteiger partial charge in [-0.25, -0.2) is 4.79 Å². The zero-order chi connectivity index (χ0) is 15.9. The summed E-state index contributed by atoms with van der Waals surface area (Å²) in [6.45, 7) is 6.81. The van der Waals surface area contributed by atoms with Crippen LogP contribution in [0.25, 0.3) is 0 Å². The number of rotatable bonds is 6. The van der Waals surface area contributed by atoms with Crippen molar-refractivity contribution in [3.63, 3.8) is 0 Å². The molecule has 1 fully saturated rings. The highest BCUT2D eigenvalue weighted by molar-refractivity contribution is 7.99. The van der Waals surface area contributed by atoms with Gasteiger partial charge in [0.1, 0.15) is 0 Å². The zero-order valence-electron chi connectivity index (χ0n) is 13.3. The highest BCUT2D eigenvalue weighted by Gasteiger charge is 2.23. The first-order chi connectivity index (χ1) is 9.76. The first-order valence-electron chi connectivity index (χ1n) is 7.60. The van der Waals surface area contributed by atoms with E-state index in [2.05, 4.69) is 10.6 Å². The van der Waals surface area contributed by atoms with Crippen LogP contribution < -0.4 is 10.6 Å². The second-order valence-corrected chi connectivity index (χ2v) is 8.19. The molecule has 1 saturated heterocycles. The van der Waals surface area contributed by atoms with Crippen molar-refractivity contribution in [1.82, 2.24) is 10.6 Å². The summed E-state index contributed by atoms with van der Waals surface area (Å²) in [5.74, 6) is 2.01. The Morgan fingerprint density at radius 3 is 2.43 bits per heavy atom. The number of carboxylic acid groups (broad SMARTS) is 1. The number of hydrogen-bond acceptors (Lipinski definition) is 3. The van der Waals surface area contributed by atoms with Gasteiger partial charge in [-0.2, -0.15) is 11.8 Å². The number of hydrogen-bond donors (Lipinski definition) is 3. The van der Waals surface area contributed by atoms with E-state index in [0.717, 1.165) is 12.8 Å². The number of urea groups is 1. The Bertz CT molecular complexity index is 349. The molecule has 0 saturated carbocycles. The molecule has 1 aliphatic rings. The standard InChI is InChI=1S/C15H28N2O3S/c1-15(2,3)9-12(8-13(18)19)17-14(20)16-10-11-4-6-21-7-5-11/h11-12H,4-10H2,1-3H3,(H,18,19)(H2,16,17,20). The van der Waals surface area contributed by atoms with Crippen LogP contribution in [0.3, 0.4) is 0 Å². The monoisotopic (exact) mass is 316 g/mol. The Labute approximate surface area is 131 Å². The molecule has 0 bridgehead atoms. The van der Waals surface area contributed by atoms with Gasteiger partial charge in [0.15, 0.2) is 0 Å². The summed E-state index contributed by atoms with van der Waals surface area (Å²) in [6.07, 6.45) is 2.90. The van der Waals surface area contributed by atoms with E-state index in [0.29, 0.717) is 18.9 Å². The minimum Gasteiger partial charge on any atom is -0.481 e. The first kappa shape index (κ1) is 18.1. The van der Waals surface area contributed by atoms with Gasteiger partial charge in [-0.15, -0.1) is 0 Å². The summed E-state index contributed by atoms with van der Waals surface area (Å²) in [4.78, 5) is 22.9. The zero-order valence-corrected chi connectivity index (χ0v) is 14.1. The van der Waals surface area contributed by atoms with Gasteiger partial charge in [0.05, 0.1) is 6.42 Å². The van der Waals surface area contributed by atoms with Crippen LogP contribution in [-0.2, 0) is 4.79 Å². The smallest absolute Gasteiger partial charge is 0.315 e. The van der Waals surface area contributed by atoms with Crippen LogP contribution in [0.5, 0.6) is 0 Å². The average molecular weight is 316 g/mol. The maximum Gasteiger partial charge on any atom is 0.315 e. The molecule has 21 heavy (non-hydrogen) atoms. The van der Waals surface area contributed by atoms with Crippen LogP contribution in [0, 0.1) is 11.3 Å². The molecule has 0 aliphatic carbocycles. The summed E-state index contributed by atoms with van der Waals surface area (Å²) < 4.78 is 0. The molecular formula is C15H28N2O3S. The van der Waals surface area contributed by atoms with Crippen LogP contribution in [-0.4, -0.2) is 41.2 Å². The third-order valence-electron chi connectivity index (χ3n) is 3.51. The molecule has 1 heterocycles. The molecule has 0 radical (unpaired) electrons. The average Bonchev–Trinajstić information content (AvgIpc) is 2.34. The number of carbonyl (C=O) groups excluding carboxylic acids is 1. The van der Waals surface area contributed by atoms with Crippen LogP contribution in [0.2, 0.25) is 0 Å². The highest BCUT2D eigenvalue weighted by Crippen LogP contribution is 2.23. The second-order valence-electron chi connectivity index (χ2n) is 6.97. The maximum atomic E-state index is 11.9. The van der Waals surface area contributed by atoms with E-state index in [1.165, 1.54) is 11.5 Å².